The van der Waals surface area contributed by atoms with Gasteiger partial charge in [-0.2, -0.15) is 16.9 Å². The lowest BCUT2D eigenvalue weighted by atomic mass is 9.90. The van der Waals surface area contributed by atoms with E-state index < -0.39 is 0 Å². The molecular formula is C18H22FN3OS. The van der Waals surface area contributed by atoms with E-state index in [1.54, 1.807) is 18.3 Å². The highest BCUT2D eigenvalue weighted by molar-refractivity contribution is 7.99. The number of aromatic nitrogens is 2. The van der Waals surface area contributed by atoms with Crippen LogP contribution >= 0.6 is 11.8 Å². The minimum Gasteiger partial charge on any atom is -0.374 e. The Kier molecular flexibility index (Phi) is 4.61. The summed E-state index contributed by atoms with van der Waals surface area (Å²) in [5.41, 5.74) is 2.06. The highest BCUT2D eigenvalue weighted by atomic mass is 32.2. The molecule has 6 heteroatoms. The van der Waals surface area contributed by atoms with Gasteiger partial charge in [-0.3, -0.25) is 0 Å². The van der Waals surface area contributed by atoms with Crippen molar-refractivity contribution in [2.75, 3.05) is 18.1 Å². The molecule has 128 valence electrons. The summed E-state index contributed by atoms with van der Waals surface area (Å²) in [6.07, 6.45) is 5.10. The number of nitrogens with zero attached hydrogens (tertiary/aromatic N) is 2. The van der Waals surface area contributed by atoms with Crippen LogP contribution in [-0.4, -0.2) is 39.5 Å². The van der Waals surface area contributed by atoms with E-state index in [0.717, 1.165) is 43.1 Å². The number of thioether (sulfide) groups is 1. The lowest BCUT2D eigenvalue weighted by Gasteiger charge is -2.38. The van der Waals surface area contributed by atoms with E-state index in [4.69, 9.17) is 4.74 Å². The largest absolute Gasteiger partial charge is 0.374 e. The molecule has 0 aliphatic carbocycles. The number of rotatable bonds is 4. The number of halogens is 1. The fourth-order valence-corrected chi connectivity index (χ4v) is 4.97. The SMILES string of the molecule is Fc1ccc(-n2nccc2CN[C@H]2CCO[C@]3(CCSC3)C2)cc1. The average molecular weight is 347 g/mol. The predicted octanol–water partition coefficient (Wildman–Crippen LogP) is 3.16. The molecule has 1 aromatic heterocycles. The second kappa shape index (κ2) is 6.86. The van der Waals surface area contributed by atoms with Gasteiger partial charge in [-0.1, -0.05) is 0 Å². The van der Waals surface area contributed by atoms with Gasteiger partial charge in [0.2, 0.25) is 0 Å². The second-order valence-corrected chi connectivity index (χ2v) is 7.72. The lowest BCUT2D eigenvalue weighted by molar-refractivity contribution is -0.0703. The summed E-state index contributed by atoms with van der Waals surface area (Å²) in [6.45, 7) is 1.60. The molecule has 2 aliphatic rings. The molecule has 0 amide bonds. The van der Waals surface area contributed by atoms with E-state index in [1.807, 2.05) is 22.5 Å². The van der Waals surface area contributed by atoms with Crippen LogP contribution in [0.15, 0.2) is 36.5 Å². The average Bonchev–Trinajstić information content (AvgIpc) is 3.24. The first-order chi connectivity index (χ1) is 11.7. The quantitative estimate of drug-likeness (QED) is 0.922. The van der Waals surface area contributed by atoms with Crippen LogP contribution in [0.25, 0.3) is 5.69 Å². The van der Waals surface area contributed by atoms with Gasteiger partial charge in [0.05, 0.1) is 17.0 Å². The van der Waals surface area contributed by atoms with Crippen molar-refractivity contribution in [3.05, 3.63) is 48.0 Å². The van der Waals surface area contributed by atoms with E-state index in [9.17, 15) is 4.39 Å². The monoisotopic (exact) mass is 347 g/mol. The molecule has 1 N–H and O–H groups in total. The van der Waals surface area contributed by atoms with Crippen LogP contribution < -0.4 is 5.32 Å². The van der Waals surface area contributed by atoms with Gasteiger partial charge in [0.15, 0.2) is 0 Å². The third-order valence-electron chi connectivity index (χ3n) is 4.92. The molecule has 4 rings (SSSR count). The maximum Gasteiger partial charge on any atom is 0.123 e. The number of ether oxygens (including phenoxy) is 1. The third-order valence-corrected chi connectivity index (χ3v) is 6.15. The Morgan fingerprint density at radius 3 is 3.00 bits per heavy atom. The van der Waals surface area contributed by atoms with Crippen molar-refractivity contribution in [2.24, 2.45) is 0 Å². The Hall–Kier alpha value is -1.37. The van der Waals surface area contributed by atoms with Gasteiger partial charge in [-0.25, -0.2) is 9.07 Å². The van der Waals surface area contributed by atoms with Crippen LogP contribution in [-0.2, 0) is 11.3 Å². The zero-order chi connectivity index (χ0) is 16.4. The van der Waals surface area contributed by atoms with Crippen LogP contribution in [0.5, 0.6) is 0 Å². The van der Waals surface area contributed by atoms with E-state index >= 15 is 0 Å². The lowest BCUT2D eigenvalue weighted by Crippen LogP contribution is -2.47. The first-order valence-electron chi connectivity index (χ1n) is 8.48. The Bertz CT molecular complexity index is 682. The summed E-state index contributed by atoms with van der Waals surface area (Å²) in [7, 11) is 0. The molecule has 0 radical (unpaired) electrons. The maximum absolute atomic E-state index is 13.1. The molecule has 1 aromatic carbocycles. The normalized spacial score (nSPS) is 27.0. The van der Waals surface area contributed by atoms with Gasteiger partial charge >= 0.3 is 0 Å². The molecule has 0 bridgehead atoms. The molecular weight excluding hydrogens is 325 g/mol. The van der Waals surface area contributed by atoms with Crippen LogP contribution in [0.1, 0.15) is 25.0 Å². The van der Waals surface area contributed by atoms with Crippen LogP contribution in [0.3, 0.4) is 0 Å². The van der Waals surface area contributed by atoms with Gasteiger partial charge in [-0.15, -0.1) is 0 Å². The number of nitrogens with one attached hydrogen (secondary N) is 1. The minimum atomic E-state index is -0.229. The summed E-state index contributed by atoms with van der Waals surface area (Å²) in [4.78, 5) is 0. The van der Waals surface area contributed by atoms with Gasteiger partial charge in [0.1, 0.15) is 5.82 Å². The van der Waals surface area contributed by atoms with E-state index in [-0.39, 0.29) is 11.4 Å². The molecule has 4 nitrogen and oxygen atoms in total. The van der Waals surface area contributed by atoms with Crippen molar-refractivity contribution >= 4 is 11.8 Å². The predicted molar refractivity (Wildman–Crippen MR) is 94.0 cm³/mol. The Morgan fingerprint density at radius 2 is 2.21 bits per heavy atom. The smallest absolute Gasteiger partial charge is 0.123 e. The van der Waals surface area contributed by atoms with Crippen molar-refractivity contribution in [1.29, 1.82) is 0 Å². The highest BCUT2D eigenvalue weighted by Crippen LogP contribution is 2.38. The maximum atomic E-state index is 13.1. The summed E-state index contributed by atoms with van der Waals surface area (Å²) >= 11 is 2.00. The van der Waals surface area contributed by atoms with Crippen molar-refractivity contribution in [1.82, 2.24) is 15.1 Å². The topological polar surface area (TPSA) is 39.1 Å². The van der Waals surface area contributed by atoms with Crippen LogP contribution in [0, 0.1) is 5.82 Å². The van der Waals surface area contributed by atoms with Crippen LogP contribution in [0.2, 0.25) is 0 Å². The fourth-order valence-electron chi connectivity index (χ4n) is 3.59. The molecule has 2 saturated heterocycles. The zero-order valence-electron chi connectivity index (χ0n) is 13.6. The Labute approximate surface area is 145 Å². The number of benzene rings is 1. The van der Waals surface area contributed by atoms with Crippen molar-refractivity contribution in [2.45, 2.75) is 37.5 Å². The summed E-state index contributed by atoms with van der Waals surface area (Å²) < 4.78 is 21.1. The molecule has 0 saturated carbocycles. The van der Waals surface area contributed by atoms with Gasteiger partial charge in [0, 0.05) is 31.1 Å². The van der Waals surface area contributed by atoms with E-state index in [1.165, 1.54) is 24.3 Å². The molecule has 2 atom stereocenters. The fraction of sp³-hybridized carbons (Fsp3) is 0.500. The van der Waals surface area contributed by atoms with Gasteiger partial charge in [-0.05, 0) is 55.3 Å². The Morgan fingerprint density at radius 1 is 1.33 bits per heavy atom. The number of hydrogen-bond acceptors (Lipinski definition) is 4. The summed E-state index contributed by atoms with van der Waals surface area (Å²) in [5, 5.41) is 8.05. The first kappa shape index (κ1) is 16.1. The van der Waals surface area contributed by atoms with Gasteiger partial charge < -0.3 is 10.1 Å². The van der Waals surface area contributed by atoms with Gasteiger partial charge in [0.25, 0.3) is 0 Å². The molecule has 24 heavy (non-hydrogen) atoms. The third kappa shape index (κ3) is 3.36. The standard InChI is InChI=1S/C18H22FN3OS/c19-14-1-3-16(4-2-14)22-17(5-8-21-22)12-20-15-6-9-23-18(11-15)7-10-24-13-18/h1-5,8,15,20H,6-7,9-13H2/t15-,18+/m0/s1. The zero-order valence-corrected chi connectivity index (χ0v) is 14.4. The Balaban J connectivity index is 1.41. The first-order valence-corrected chi connectivity index (χ1v) is 9.64. The molecule has 2 aromatic rings. The second-order valence-electron chi connectivity index (χ2n) is 6.62. The van der Waals surface area contributed by atoms with Crippen LogP contribution in [0.4, 0.5) is 4.39 Å². The van der Waals surface area contributed by atoms with Crippen molar-refractivity contribution in [3.63, 3.8) is 0 Å². The summed E-state index contributed by atoms with van der Waals surface area (Å²) in [5.74, 6) is 2.11. The van der Waals surface area contributed by atoms with E-state index in [0.29, 0.717) is 6.04 Å². The minimum absolute atomic E-state index is 0.0950. The highest BCUT2D eigenvalue weighted by Gasteiger charge is 2.40. The molecule has 2 fully saturated rings. The molecule has 3 heterocycles. The summed E-state index contributed by atoms with van der Waals surface area (Å²) in [6, 6.07) is 8.93. The molecule has 0 unspecified atom stereocenters. The number of hydrogen-bond donors (Lipinski definition) is 1. The molecule has 2 aliphatic heterocycles. The van der Waals surface area contributed by atoms with Crippen molar-refractivity contribution in [3.8, 4) is 5.69 Å². The van der Waals surface area contributed by atoms with Crippen molar-refractivity contribution < 1.29 is 9.13 Å². The molecule has 1 spiro atoms. The van der Waals surface area contributed by atoms with E-state index in [2.05, 4.69) is 10.4 Å².